The first-order valence-corrected chi connectivity index (χ1v) is 9.21. The Morgan fingerprint density at radius 3 is 2.46 bits per heavy atom. The summed E-state index contributed by atoms with van der Waals surface area (Å²) in [4.78, 5) is 10.7. The lowest BCUT2D eigenvalue weighted by atomic mass is 10.0. The number of carboxylic acids is 1. The number of hydrogen-bond donors (Lipinski definition) is 4. The van der Waals surface area contributed by atoms with Crippen molar-refractivity contribution in [2.45, 2.75) is 32.4 Å². The van der Waals surface area contributed by atoms with E-state index in [4.69, 9.17) is 14.6 Å². The third kappa shape index (κ3) is 6.44. The van der Waals surface area contributed by atoms with Crippen molar-refractivity contribution in [3.8, 4) is 17.2 Å². The summed E-state index contributed by atoms with van der Waals surface area (Å²) in [5.74, 6) is 0.0323. The number of carbonyl (C=O) groups is 1. The number of phenols is 1. The molecule has 0 heterocycles. The van der Waals surface area contributed by atoms with Crippen LogP contribution in [0.25, 0.3) is 0 Å². The Morgan fingerprint density at radius 1 is 1.11 bits per heavy atom. The molecule has 0 unspecified atom stereocenters. The number of aliphatic hydroxyl groups is 1. The number of aliphatic hydroxyl groups excluding tert-OH is 1. The van der Waals surface area contributed by atoms with Gasteiger partial charge in [-0.15, -0.1) is 0 Å². The van der Waals surface area contributed by atoms with Crippen molar-refractivity contribution < 1.29 is 29.6 Å². The lowest BCUT2D eigenvalue weighted by Crippen LogP contribution is -2.33. The third-order valence-corrected chi connectivity index (χ3v) is 4.25. The second-order valence-electron chi connectivity index (χ2n) is 6.43. The van der Waals surface area contributed by atoms with E-state index < -0.39 is 18.7 Å². The van der Waals surface area contributed by atoms with Crippen molar-refractivity contribution in [3.05, 3.63) is 53.6 Å². The van der Waals surface area contributed by atoms with E-state index in [2.05, 4.69) is 5.32 Å². The molecule has 0 aliphatic heterocycles. The van der Waals surface area contributed by atoms with E-state index in [1.54, 1.807) is 30.3 Å². The van der Waals surface area contributed by atoms with Crippen LogP contribution < -0.4 is 14.8 Å². The summed E-state index contributed by atoms with van der Waals surface area (Å²) in [6, 6.07) is 11.7. The highest BCUT2D eigenvalue weighted by atomic mass is 16.5. The molecule has 0 amide bonds. The molecule has 28 heavy (non-hydrogen) atoms. The molecule has 0 aliphatic carbocycles. The maximum absolute atomic E-state index is 10.7. The van der Waals surface area contributed by atoms with Crippen LogP contribution in [0.5, 0.6) is 17.2 Å². The first-order valence-electron chi connectivity index (χ1n) is 9.21. The van der Waals surface area contributed by atoms with Crippen LogP contribution >= 0.6 is 0 Å². The highest BCUT2D eigenvalue weighted by Crippen LogP contribution is 2.28. The van der Waals surface area contributed by atoms with E-state index in [0.717, 1.165) is 11.1 Å². The number of hydrogen-bond acceptors (Lipinski definition) is 6. The molecule has 0 spiro atoms. The molecule has 2 atom stereocenters. The zero-order valence-corrected chi connectivity index (χ0v) is 16.1. The highest BCUT2D eigenvalue weighted by Gasteiger charge is 2.16. The Kier molecular flexibility index (Phi) is 8.10. The third-order valence-electron chi connectivity index (χ3n) is 4.25. The molecular weight excluding hydrogens is 362 g/mol. The minimum Gasteiger partial charge on any atom is -0.508 e. The molecule has 2 aromatic rings. The van der Waals surface area contributed by atoms with Crippen LogP contribution in [0, 0.1) is 0 Å². The van der Waals surface area contributed by atoms with Crippen LogP contribution in [0.15, 0.2) is 42.5 Å². The molecule has 7 heteroatoms. The highest BCUT2D eigenvalue weighted by molar-refractivity contribution is 5.68. The van der Waals surface area contributed by atoms with E-state index >= 15 is 0 Å². The molecule has 0 bridgehead atoms. The molecule has 0 aliphatic rings. The quantitative estimate of drug-likeness (QED) is 0.468. The van der Waals surface area contributed by atoms with E-state index in [0.29, 0.717) is 31.1 Å². The lowest BCUT2D eigenvalue weighted by Gasteiger charge is -2.21. The smallest absolute Gasteiger partial charge is 0.341 e. The van der Waals surface area contributed by atoms with Gasteiger partial charge in [-0.1, -0.05) is 18.2 Å². The molecular formula is C21H27NO6. The maximum Gasteiger partial charge on any atom is 0.341 e. The van der Waals surface area contributed by atoms with Crippen LogP contribution in [0.1, 0.15) is 31.1 Å². The number of aromatic hydroxyl groups is 1. The van der Waals surface area contributed by atoms with Gasteiger partial charge in [0.2, 0.25) is 0 Å². The predicted molar refractivity (Wildman–Crippen MR) is 105 cm³/mol. The monoisotopic (exact) mass is 389 g/mol. The van der Waals surface area contributed by atoms with Gasteiger partial charge in [-0.25, -0.2) is 4.79 Å². The SMILES string of the molecule is CCOc1cc(CCN[C@@H](C)[C@H](O)c2ccc(O)cc2)ccc1OCC(=O)O. The van der Waals surface area contributed by atoms with Crippen molar-refractivity contribution >= 4 is 5.97 Å². The zero-order chi connectivity index (χ0) is 20.5. The van der Waals surface area contributed by atoms with E-state index in [1.807, 2.05) is 26.0 Å². The standard InChI is InChI=1S/C21H27NO6/c1-3-27-19-12-15(4-9-18(19)28-13-20(24)25)10-11-22-14(2)21(26)16-5-7-17(23)8-6-16/h4-9,12,14,21-23,26H,3,10-11,13H2,1-2H3,(H,24,25)/t14-,21-/m0/s1. The summed E-state index contributed by atoms with van der Waals surface area (Å²) >= 11 is 0. The fourth-order valence-corrected chi connectivity index (χ4v) is 2.75. The lowest BCUT2D eigenvalue weighted by molar-refractivity contribution is -0.139. The second-order valence-corrected chi connectivity index (χ2v) is 6.43. The van der Waals surface area contributed by atoms with Gasteiger partial charge >= 0.3 is 5.97 Å². The average molecular weight is 389 g/mol. The number of aliphatic carboxylic acids is 1. The van der Waals surface area contributed by atoms with Gasteiger partial charge in [0.05, 0.1) is 12.7 Å². The number of benzene rings is 2. The largest absolute Gasteiger partial charge is 0.508 e. The molecule has 0 aromatic heterocycles. The topological polar surface area (TPSA) is 108 Å². The van der Waals surface area contributed by atoms with E-state index in [9.17, 15) is 15.0 Å². The fraction of sp³-hybridized carbons (Fsp3) is 0.381. The second kappa shape index (κ2) is 10.5. The van der Waals surface area contributed by atoms with Crippen LogP contribution in [0.4, 0.5) is 0 Å². The molecule has 0 saturated heterocycles. The van der Waals surface area contributed by atoms with Gasteiger partial charge in [-0.05, 0) is 62.2 Å². The molecule has 0 saturated carbocycles. The Balaban J connectivity index is 1.91. The number of ether oxygens (including phenoxy) is 2. The van der Waals surface area contributed by atoms with Crippen molar-refractivity contribution in [1.29, 1.82) is 0 Å². The van der Waals surface area contributed by atoms with Crippen LogP contribution in [-0.2, 0) is 11.2 Å². The number of nitrogens with one attached hydrogen (secondary N) is 1. The van der Waals surface area contributed by atoms with Crippen LogP contribution in [0.3, 0.4) is 0 Å². The number of carboxylic acid groups (broad SMARTS) is 1. The first kappa shape index (κ1) is 21.5. The van der Waals surface area contributed by atoms with Crippen LogP contribution in [0.2, 0.25) is 0 Å². The van der Waals surface area contributed by atoms with Crippen molar-refractivity contribution in [2.24, 2.45) is 0 Å². The maximum atomic E-state index is 10.7. The van der Waals surface area contributed by atoms with Crippen molar-refractivity contribution in [2.75, 3.05) is 19.8 Å². The van der Waals surface area contributed by atoms with Gasteiger partial charge in [0.15, 0.2) is 18.1 Å². The van der Waals surface area contributed by atoms with E-state index in [-0.39, 0.29) is 11.8 Å². The molecule has 2 rings (SSSR count). The predicted octanol–water partition coefficient (Wildman–Crippen LogP) is 2.51. The number of rotatable bonds is 11. The first-order chi connectivity index (χ1) is 13.4. The average Bonchev–Trinajstić information content (AvgIpc) is 2.67. The summed E-state index contributed by atoms with van der Waals surface area (Å²) in [5, 5.41) is 31.8. The Bertz CT molecular complexity index is 762. The fourth-order valence-electron chi connectivity index (χ4n) is 2.75. The van der Waals surface area contributed by atoms with Crippen molar-refractivity contribution in [3.63, 3.8) is 0 Å². The summed E-state index contributed by atoms with van der Waals surface area (Å²) in [7, 11) is 0. The Labute approximate surface area is 164 Å². The Morgan fingerprint density at radius 2 is 1.82 bits per heavy atom. The summed E-state index contributed by atoms with van der Waals surface area (Å²) in [5.41, 5.74) is 1.74. The van der Waals surface area contributed by atoms with Gasteiger partial charge in [0.25, 0.3) is 0 Å². The van der Waals surface area contributed by atoms with Crippen LogP contribution in [-0.4, -0.2) is 47.1 Å². The molecule has 7 nitrogen and oxygen atoms in total. The number of phenolic OH excluding ortho intramolecular Hbond substituents is 1. The molecule has 2 aromatic carbocycles. The van der Waals surface area contributed by atoms with Gasteiger partial charge in [-0.2, -0.15) is 0 Å². The summed E-state index contributed by atoms with van der Waals surface area (Å²) in [6.07, 6.45) is 0.0118. The normalized spacial score (nSPS) is 13.0. The molecule has 0 fully saturated rings. The minimum absolute atomic E-state index is 0.164. The van der Waals surface area contributed by atoms with Gasteiger partial charge in [0.1, 0.15) is 5.75 Å². The van der Waals surface area contributed by atoms with Crippen molar-refractivity contribution in [1.82, 2.24) is 5.32 Å². The Hall–Kier alpha value is -2.77. The van der Waals surface area contributed by atoms with Gasteiger partial charge in [-0.3, -0.25) is 0 Å². The summed E-state index contributed by atoms with van der Waals surface area (Å²) in [6.45, 7) is 4.40. The zero-order valence-electron chi connectivity index (χ0n) is 16.1. The molecule has 152 valence electrons. The molecule has 0 radical (unpaired) electrons. The minimum atomic E-state index is -1.04. The summed E-state index contributed by atoms with van der Waals surface area (Å²) < 4.78 is 10.8. The molecule has 4 N–H and O–H groups in total. The van der Waals surface area contributed by atoms with Gasteiger partial charge in [0, 0.05) is 6.04 Å². The van der Waals surface area contributed by atoms with E-state index in [1.165, 1.54) is 0 Å². The van der Waals surface area contributed by atoms with Gasteiger partial charge < -0.3 is 30.1 Å².